The molecule has 2 atom stereocenters. The predicted molar refractivity (Wildman–Crippen MR) is 77.7 cm³/mol. The van der Waals surface area contributed by atoms with Gasteiger partial charge in [-0.1, -0.05) is 41.9 Å². The zero-order valence-corrected chi connectivity index (χ0v) is 11.5. The summed E-state index contributed by atoms with van der Waals surface area (Å²) in [6, 6.07) is 14.4. The molecule has 0 aliphatic carbocycles. The highest BCUT2D eigenvalue weighted by Crippen LogP contribution is 2.32. The largest absolute Gasteiger partial charge is 0.388 e. The molecule has 2 aromatic carbocycles. The van der Waals surface area contributed by atoms with Crippen LogP contribution in [0.1, 0.15) is 40.1 Å². The van der Waals surface area contributed by atoms with Gasteiger partial charge in [0.15, 0.2) is 0 Å². The summed E-state index contributed by atoms with van der Waals surface area (Å²) in [4.78, 5) is 11.8. The van der Waals surface area contributed by atoms with Crippen LogP contribution >= 0.6 is 11.6 Å². The fourth-order valence-corrected chi connectivity index (χ4v) is 2.68. The molecule has 1 heterocycles. The van der Waals surface area contributed by atoms with Gasteiger partial charge >= 0.3 is 0 Å². The Bertz CT molecular complexity index is 639. The van der Waals surface area contributed by atoms with Gasteiger partial charge in [-0.2, -0.15) is 0 Å². The zero-order valence-electron chi connectivity index (χ0n) is 10.7. The van der Waals surface area contributed by atoms with Gasteiger partial charge in [-0.05, 0) is 29.3 Å². The first-order valence-corrected chi connectivity index (χ1v) is 6.86. The highest BCUT2D eigenvalue weighted by molar-refractivity contribution is 6.30. The molecule has 20 heavy (non-hydrogen) atoms. The van der Waals surface area contributed by atoms with E-state index in [0.717, 1.165) is 11.1 Å². The van der Waals surface area contributed by atoms with Gasteiger partial charge in [-0.25, -0.2) is 0 Å². The lowest BCUT2D eigenvalue weighted by atomic mass is 9.97. The second-order valence-electron chi connectivity index (χ2n) is 4.92. The number of hydrogen-bond donors (Lipinski definition) is 2. The number of carbonyl (C=O) groups is 1. The lowest BCUT2D eigenvalue weighted by Gasteiger charge is -2.17. The minimum absolute atomic E-state index is 0.0751. The van der Waals surface area contributed by atoms with E-state index in [0.29, 0.717) is 17.0 Å². The Morgan fingerprint density at radius 2 is 1.85 bits per heavy atom. The fourth-order valence-electron chi connectivity index (χ4n) is 2.55. The Morgan fingerprint density at radius 3 is 2.60 bits per heavy atom. The third-order valence-corrected chi connectivity index (χ3v) is 3.85. The molecular weight excluding hydrogens is 274 g/mol. The van der Waals surface area contributed by atoms with E-state index < -0.39 is 6.10 Å². The standard InChI is InChI=1S/C16H14ClNO2/c17-11-7-5-10(6-8-11)15(19)9-14-12-3-1-2-4-13(12)16(20)18-14/h1-8,14-15,19H,9H2,(H,18,20)/t14-,15-/m0/s1. The van der Waals surface area contributed by atoms with Crippen LogP contribution in [-0.2, 0) is 0 Å². The van der Waals surface area contributed by atoms with Crippen molar-refractivity contribution in [2.75, 3.05) is 0 Å². The first kappa shape index (κ1) is 13.2. The molecule has 4 heteroatoms. The summed E-state index contributed by atoms with van der Waals surface area (Å²) in [7, 11) is 0. The maximum Gasteiger partial charge on any atom is 0.252 e. The summed E-state index contributed by atoms with van der Waals surface area (Å²) in [5, 5.41) is 13.8. The monoisotopic (exact) mass is 287 g/mol. The normalized spacial score (nSPS) is 18.5. The van der Waals surface area contributed by atoms with E-state index in [2.05, 4.69) is 5.32 Å². The molecule has 1 aliphatic rings. The molecule has 3 nitrogen and oxygen atoms in total. The third kappa shape index (κ3) is 2.42. The maximum atomic E-state index is 11.8. The lowest BCUT2D eigenvalue weighted by Crippen LogP contribution is -2.20. The van der Waals surface area contributed by atoms with Crippen LogP contribution in [0.25, 0.3) is 0 Å². The summed E-state index contributed by atoms with van der Waals surface area (Å²) in [6.07, 6.45) is -0.187. The number of aliphatic hydroxyl groups excluding tert-OH is 1. The van der Waals surface area contributed by atoms with Gasteiger partial charge in [0.05, 0.1) is 12.1 Å². The lowest BCUT2D eigenvalue weighted by molar-refractivity contribution is 0.0938. The number of benzene rings is 2. The van der Waals surface area contributed by atoms with Crippen molar-refractivity contribution >= 4 is 17.5 Å². The van der Waals surface area contributed by atoms with Crippen LogP contribution in [0.2, 0.25) is 5.02 Å². The van der Waals surface area contributed by atoms with E-state index in [1.54, 1.807) is 30.3 Å². The smallest absolute Gasteiger partial charge is 0.252 e. The average Bonchev–Trinajstić information content (AvgIpc) is 2.77. The summed E-state index contributed by atoms with van der Waals surface area (Å²) >= 11 is 5.83. The number of nitrogens with one attached hydrogen (secondary N) is 1. The summed E-state index contributed by atoms with van der Waals surface area (Å²) in [6.45, 7) is 0. The molecule has 2 N–H and O–H groups in total. The number of amides is 1. The van der Waals surface area contributed by atoms with Gasteiger partial charge in [0.1, 0.15) is 0 Å². The molecule has 0 unspecified atom stereocenters. The Labute approximate surface area is 122 Å². The molecular formula is C16H14ClNO2. The summed E-state index contributed by atoms with van der Waals surface area (Å²) < 4.78 is 0. The van der Waals surface area contributed by atoms with E-state index in [-0.39, 0.29) is 11.9 Å². The number of halogens is 1. The SMILES string of the molecule is O=C1N[C@@H](C[C@H](O)c2ccc(Cl)cc2)c2ccccc21. The topological polar surface area (TPSA) is 49.3 Å². The Kier molecular flexibility index (Phi) is 3.47. The second kappa shape index (κ2) is 5.27. The molecule has 102 valence electrons. The van der Waals surface area contributed by atoms with Crippen molar-refractivity contribution < 1.29 is 9.90 Å². The van der Waals surface area contributed by atoms with E-state index in [1.807, 2.05) is 18.2 Å². The number of rotatable bonds is 3. The van der Waals surface area contributed by atoms with Crippen molar-refractivity contribution in [1.82, 2.24) is 5.32 Å². The van der Waals surface area contributed by atoms with E-state index in [1.165, 1.54) is 0 Å². The fraction of sp³-hybridized carbons (Fsp3) is 0.188. The molecule has 0 saturated carbocycles. The second-order valence-corrected chi connectivity index (χ2v) is 5.35. The van der Waals surface area contributed by atoms with Crippen molar-refractivity contribution in [1.29, 1.82) is 0 Å². The van der Waals surface area contributed by atoms with Gasteiger partial charge in [0.25, 0.3) is 5.91 Å². The molecule has 1 amide bonds. The van der Waals surface area contributed by atoms with Crippen molar-refractivity contribution in [2.45, 2.75) is 18.6 Å². The number of fused-ring (bicyclic) bond motifs is 1. The van der Waals surface area contributed by atoms with Gasteiger partial charge in [-0.3, -0.25) is 4.79 Å². The van der Waals surface area contributed by atoms with Crippen LogP contribution in [0.15, 0.2) is 48.5 Å². The van der Waals surface area contributed by atoms with Gasteiger partial charge < -0.3 is 10.4 Å². The molecule has 2 aromatic rings. The van der Waals surface area contributed by atoms with Crippen LogP contribution < -0.4 is 5.32 Å². The number of hydrogen-bond acceptors (Lipinski definition) is 2. The molecule has 0 aromatic heterocycles. The maximum absolute atomic E-state index is 11.8. The zero-order chi connectivity index (χ0) is 14.1. The molecule has 1 aliphatic heterocycles. The number of aliphatic hydroxyl groups is 1. The minimum atomic E-state index is -0.635. The summed E-state index contributed by atoms with van der Waals surface area (Å²) in [5.74, 6) is -0.0751. The van der Waals surface area contributed by atoms with Gasteiger partial charge in [0, 0.05) is 17.0 Å². The highest BCUT2D eigenvalue weighted by atomic mass is 35.5. The molecule has 0 spiro atoms. The van der Waals surface area contributed by atoms with E-state index in [4.69, 9.17) is 11.6 Å². The first-order chi connectivity index (χ1) is 9.65. The van der Waals surface area contributed by atoms with Crippen LogP contribution in [0.5, 0.6) is 0 Å². The summed E-state index contributed by atoms with van der Waals surface area (Å²) in [5.41, 5.74) is 2.44. The van der Waals surface area contributed by atoms with Gasteiger partial charge in [-0.15, -0.1) is 0 Å². The first-order valence-electron chi connectivity index (χ1n) is 6.48. The van der Waals surface area contributed by atoms with Crippen LogP contribution in [0, 0.1) is 0 Å². The van der Waals surface area contributed by atoms with Crippen LogP contribution in [0.4, 0.5) is 0 Å². The molecule has 3 rings (SSSR count). The molecule has 0 saturated heterocycles. The predicted octanol–water partition coefficient (Wildman–Crippen LogP) is 3.25. The average molecular weight is 288 g/mol. The van der Waals surface area contributed by atoms with Crippen molar-refractivity contribution in [3.05, 3.63) is 70.2 Å². The molecule has 0 fully saturated rings. The van der Waals surface area contributed by atoms with Crippen molar-refractivity contribution in [2.24, 2.45) is 0 Å². The van der Waals surface area contributed by atoms with E-state index in [9.17, 15) is 9.90 Å². The van der Waals surface area contributed by atoms with E-state index >= 15 is 0 Å². The third-order valence-electron chi connectivity index (χ3n) is 3.60. The Balaban J connectivity index is 1.79. The minimum Gasteiger partial charge on any atom is -0.388 e. The van der Waals surface area contributed by atoms with Crippen molar-refractivity contribution in [3.63, 3.8) is 0 Å². The molecule has 0 radical (unpaired) electrons. The van der Waals surface area contributed by atoms with Crippen LogP contribution in [-0.4, -0.2) is 11.0 Å². The van der Waals surface area contributed by atoms with Crippen LogP contribution in [0.3, 0.4) is 0 Å². The number of carbonyl (C=O) groups excluding carboxylic acids is 1. The van der Waals surface area contributed by atoms with Gasteiger partial charge in [0.2, 0.25) is 0 Å². The molecule has 0 bridgehead atoms. The Hall–Kier alpha value is -1.84. The Morgan fingerprint density at radius 1 is 1.15 bits per heavy atom. The highest BCUT2D eigenvalue weighted by Gasteiger charge is 2.29. The quantitative estimate of drug-likeness (QED) is 0.910. The van der Waals surface area contributed by atoms with Crippen molar-refractivity contribution in [3.8, 4) is 0 Å².